The first-order valence-corrected chi connectivity index (χ1v) is 9.78. The van der Waals surface area contributed by atoms with Gasteiger partial charge >= 0.3 is 0 Å². The Labute approximate surface area is 175 Å². The van der Waals surface area contributed by atoms with Gasteiger partial charge in [-0.2, -0.15) is 0 Å². The van der Waals surface area contributed by atoms with Gasteiger partial charge in [0.15, 0.2) is 0 Å². The molecule has 7 nitrogen and oxygen atoms in total. The monoisotopic (exact) mass is 407 g/mol. The van der Waals surface area contributed by atoms with E-state index in [1.165, 1.54) is 17.0 Å². The van der Waals surface area contributed by atoms with Crippen molar-refractivity contribution in [3.8, 4) is 22.8 Å². The molecule has 0 bridgehead atoms. The van der Waals surface area contributed by atoms with E-state index in [0.29, 0.717) is 25.4 Å². The molecule has 30 heavy (non-hydrogen) atoms. The third-order valence-corrected chi connectivity index (χ3v) is 4.54. The van der Waals surface area contributed by atoms with Gasteiger partial charge in [-0.25, -0.2) is 4.98 Å². The first-order chi connectivity index (χ1) is 14.6. The van der Waals surface area contributed by atoms with Gasteiger partial charge in [0.2, 0.25) is 5.91 Å². The van der Waals surface area contributed by atoms with Gasteiger partial charge in [0.25, 0.3) is 5.56 Å². The molecule has 1 amide bonds. The normalized spacial score (nSPS) is 10.5. The summed E-state index contributed by atoms with van der Waals surface area (Å²) in [6.45, 7) is 3.23. The van der Waals surface area contributed by atoms with Gasteiger partial charge in [-0.15, -0.1) is 0 Å². The molecule has 0 aliphatic heterocycles. The highest BCUT2D eigenvalue weighted by atomic mass is 16.5. The zero-order valence-electron chi connectivity index (χ0n) is 17.1. The fraction of sp³-hybridized carbons (Fsp3) is 0.261. The predicted octanol–water partition coefficient (Wildman–Crippen LogP) is 2.68. The number of nitrogens with zero attached hydrogens (tertiary/aromatic N) is 2. The van der Waals surface area contributed by atoms with Crippen LogP contribution < -0.4 is 20.3 Å². The quantitative estimate of drug-likeness (QED) is 0.590. The van der Waals surface area contributed by atoms with Crippen molar-refractivity contribution in [1.29, 1.82) is 0 Å². The molecule has 1 heterocycles. The molecule has 1 N–H and O–H groups in total. The molecular formula is C23H25N3O4. The van der Waals surface area contributed by atoms with E-state index in [1.807, 2.05) is 55.5 Å². The van der Waals surface area contributed by atoms with Crippen molar-refractivity contribution < 1.29 is 14.3 Å². The van der Waals surface area contributed by atoms with Gasteiger partial charge in [-0.1, -0.05) is 12.1 Å². The molecule has 0 aliphatic carbocycles. The van der Waals surface area contributed by atoms with E-state index >= 15 is 0 Å². The minimum atomic E-state index is -0.170. The lowest BCUT2D eigenvalue weighted by atomic mass is 10.1. The smallest absolute Gasteiger partial charge is 0.253 e. The summed E-state index contributed by atoms with van der Waals surface area (Å²) < 4.78 is 12.0. The predicted molar refractivity (Wildman–Crippen MR) is 115 cm³/mol. The van der Waals surface area contributed by atoms with Crippen LogP contribution in [-0.4, -0.2) is 35.7 Å². The number of hydrogen-bond acceptors (Lipinski definition) is 5. The minimum Gasteiger partial charge on any atom is -0.497 e. The van der Waals surface area contributed by atoms with Crippen LogP contribution in [0.2, 0.25) is 0 Å². The maximum Gasteiger partial charge on any atom is 0.253 e. The van der Waals surface area contributed by atoms with Gasteiger partial charge in [0, 0.05) is 24.7 Å². The molecule has 0 spiro atoms. The fourth-order valence-electron chi connectivity index (χ4n) is 2.95. The number of benzene rings is 2. The number of hydrogen-bond donors (Lipinski definition) is 1. The number of ether oxygens (including phenoxy) is 2. The molecule has 3 aromatic rings. The van der Waals surface area contributed by atoms with Crippen molar-refractivity contribution in [2.75, 3.05) is 20.3 Å². The van der Waals surface area contributed by atoms with E-state index in [9.17, 15) is 9.59 Å². The summed E-state index contributed by atoms with van der Waals surface area (Å²) in [5, 5.41) is 2.83. The maximum absolute atomic E-state index is 12.4. The van der Waals surface area contributed by atoms with Crippen LogP contribution in [0.15, 0.2) is 65.7 Å². The highest BCUT2D eigenvalue weighted by Gasteiger charge is 2.06. The number of aromatic nitrogens is 2. The number of amides is 1. The molecule has 0 fully saturated rings. The molecule has 3 rings (SSSR count). The largest absolute Gasteiger partial charge is 0.497 e. The van der Waals surface area contributed by atoms with Crippen LogP contribution in [0.25, 0.3) is 11.3 Å². The number of methoxy groups -OCH3 is 1. The second kappa shape index (κ2) is 10.2. The Morgan fingerprint density at radius 1 is 1.07 bits per heavy atom. The molecule has 0 unspecified atom stereocenters. The lowest BCUT2D eigenvalue weighted by Gasteiger charge is -2.09. The molecular weight excluding hydrogens is 382 g/mol. The average Bonchev–Trinajstić information content (AvgIpc) is 2.76. The zero-order chi connectivity index (χ0) is 21.3. The lowest BCUT2D eigenvalue weighted by molar-refractivity contribution is -0.120. The van der Waals surface area contributed by atoms with Crippen molar-refractivity contribution in [3.05, 3.63) is 76.8 Å². The van der Waals surface area contributed by atoms with Gasteiger partial charge in [0.1, 0.15) is 11.5 Å². The number of nitrogens with one attached hydrogen (secondary N) is 1. The lowest BCUT2D eigenvalue weighted by Crippen LogP contribution is -2.31. The van der Waals surface area contributed by atoms with Crippen LogP contribution in [-0.2, 0) is 17.8 Å². The van der Waals surface area contributed by atoms with Crippen LogP contribution in [0.4, 0.5) is 0 Å². The minimum absolute atomic E-state index is 0.102. The second-order valence-electron chi connectivity index (χ2n) is 6.64. The van der Waals surface area contributed by atoms with Crippen LogP contribution in [0, 0.1) is 0 Å². The Morgan fingerprint density at radius 3 is 2.40 bits per heavy atom. The van der Waals surface area contributed by atoms with E-state index in [4.69, 9.17) is 9.47 Å². The van der Waals surface area contributed by atoms with Gasteiger partial charge < -0.3 is 14.8 Å². The summed E-state index contributed by atoms with van der Waals surface area (Å²) in [4.78, 5) is 28.8. The Balaban J connectivity index is 1.51. The third-order valence-electron chi connectivity index (χ3n) is 4.54. The third kappa shape index (κ3) is 5.70. The number of carbonyl (C=O) groups is 1. The molecule has 0 saturated carbocycles. The summed E-state index contributed by atoms with van der Waals surface area (Å²) >= 11 is 0. The number of carbonyl (C=O) groups excluding carboxylic acids is 1. The van der Waals surface area contributed by atoms with Crippen molar-refractivity contribution in [2.24, 2.45) is 0 Å². The van der Waals surface area contributed by atoms with Crippen molar-refractivity contribution >= 4 is 5.91 Å². The van der Waals surface area contributed by atoms with E-state index < -0.39 is 0 Å². The Hall–Kier alpha value is -3.61. The standard InChI is InChI=1S/C23H25N3O4/c1-3-30-20-8-4-17(5-9-20)14-22(27)24-12-13-26-16-25-21(15-23(26)28)18-6-10-19(29-2)11-7-18/h4-11,15-16H,3,12-14H2,1-2H3,(H,24,27). The summed E-state index contributed by atoms with van der Waals surface area (Å²) in [5.41, 5.74) is 2.16. The van der Waals surface area contributed by atoms with Gasteiger partial charge in [0.05, 0.1) is 32.2 Å². The van der Waals surface area contributed by atoms with Gasteiger partial charge in [-0.05, 0) is 48.9 Å². The van der Waals surface area contributed by atoms with Crippen LogP contribution in [0.5, 0.6) is 11.5 Å². The van der Waals surface area contributed by atoms with Crippen molar-refractivity contribution in [2.45, 2.75) is 19.9 Å². The molecule has 0 atom stereocenters. The SMILES string of the molecule is CCOc1ccc(CC(=O)NCCn2cnc(-c3ccc(OC)cc3)cc2=O)cc1. The van der Waals surface area contributed by atoms with E-state index in [1.54, 1.807) is 7.11 Å². The van der Waals surface area contributed by atoms with E-state index in [0.717, 1.165) is 22.6 Å². The Morgan fingerprint density at radius 2 is 1.77 bits per heavy atom. The summed E-state index contributed by atoms with van der Waals surface area (Å²) in [5.74, 6) is 1.43. The number of rotatable bonds is 9. The molecule has 0 radical (unpaired) electrons. The van der Waals surface area contributed by atoms with Crippen LogP contribution in [0.3, 0.4) is 0 Å². The zero-order valence-corrected chi connectivity index (χ0v) is 17.1. The van der Waals surface area contributed by atoms with Crippen LogP contribution >= 0.6 is 0 Å². The van der Waals surface area contributed by atoms with Crippen molar-refractivity contribution in [3.63, 3.8) is 0 Å². The summed E-state index contributed by atoms with van der Waals surface area (Å²) in [6, 6.07) is 16.3. The van der Waals surface area contributed by atoms with Gasteiger partial charge in [-0.3, -0.25) is 14.2 Å². The highest BCUT2D eigenvalue weighted by Crippen LogP contribution is 2.19. The Kier molecular flexibility index (Phi) is 7.21. The van der Waals surface area contributed by atoms with E-state index in [-0.39, 0.29) is 17.9 Å². The summed E-state index contributed by atoms with van der Waals surface area (Å²) in [7, 11) is 1.60. The average molecular weight is 407 g/mol. The molecule has 2 aromatic carbocycles. The maximum atomic E-state index is 12.4. The highest BCUT2D eigenvalue weighted by molar-refractivity contribution is 5.78. The summed E-state index contributed by atoms with van der Waals surface area (Å²) in [6.07, 6.45) is 1.77. The second-order valence-corrected chi connectivity index (χ2v) is 6.64. The first-order valence-electron chi connectivity index (χ1n) is 9.78. The Bertz CT molecular complexity index is 1030. The molecule has 1 aromatic heterocycles. The fourth-order valence-corrected chi connectivity index (χ4v) is 2.95. The topological polar surface area (TPSA) is 82.4 Å². The molecule has 0 aliphatic rings. The molecule has 156 valence electrons. The van der Waals surface area contributed by atoms with Crippen LogP contribution in [0.1, 0.15) is 12.5 Å². The van der Waals surface area contributed by atoms with Crippen molar-refractivity contribution in [1.82, 2.24) is 14.9 Å². The van der Waals surface area contributed by atoms with E-state index in [2.05, 4.69) is 10.3 Å². The molecule has 0 saturated heterocycles. The first kappa shape index (κ1) is 21.1. The molecule has 7 heteroatoms.